The SMILES string of the molecule is Cc1ccc(Cn2nc(C)c(/C=C/C(=O)OCc3nc4cc(Cl)ccc4c(=O)[nH]3)c2Cl)cc1. The minimum Gasteiger partial charge on any atom is -0.454 e. The van der Waals surface area contributed by atoms with Gasteiger partial charge in [0.15, 0.2) is 0 Å². The lowest BCUT2D eigenvalue weighted by Gasteiger charge is -2.04. The van der Waals surface area contributed by atoms with Crippen molar-refractivity contribution in [3.8, 4) is 0 Å². The Morgan fingerprint density at radius 1 is 1.15 bits per heavy atom. The number of rotatable bonds is 6. The fraction of sp³-hybridized carbons (Fsp3) is 0.167. The maximum absolute atomic E-state index is 12.2. The molecule has 0 spiro atoms. The van der Waals surface area contributed by atoms with Crippen LogP contribution in [-0.4, -0.2) is 25.7 Å². The van der Waals surface area contributed by atoms with Gasteiger partial charge in [0.2, 0.25) is 0 Å². The lowest BCUT2D eigenvalue weighted by Crippen LogP contribution is -2.13. The number of aromatic amines is 1. The van der Waals surface area contributed by atoms with Gasteiger partial charge in [-0.15, -0.1) is 0 Å². The third-order valence-corrected chi connectivity index (χ3v) is 5.65. The maximum Gasteiger partial charge on any atom is 0.331 e. The number of carbonyl (C=O) groups excluding carboxylic acids is 1. The fourth-order valence-electron chi connectivity index (χ4n) is 3.30. The quantitative estimate of drug-likeness (QED) is 0.313. The third kappa shape index (κ3) is 5.32. The Labute approximate surface area is 199 Å². The molecular weight excluding hydrogens is 463 g/mol. The van der Waals surface area contributed by atoms with Gasteiger partial charge in [0.05, 0.1) is 23.1 Å². The van der Waals surface area contributed by atoms with Gasteiger partial charge in [-0.25, -0.2) is 14.5 Å². The van der Waals surface area contributed by atoms with Crippen molar-refractivity contribution in [3.63, 3.8) is 0 Å². The number of aromatic nitrogens is 4. The second kappa shape index (κ2) is 9.60. The number of esters is 1. The zero-order chi connectivity index (χ0) is 23.5. The predicted molar refractivity (Wildman–Crippen MR) is 128 cm³/mol. The Balaban J connectivity index is 1.43. The lowest BCUT2D eigenvalue weighted by atomic mass is 10.1. The summed E-state index contributed by atoms with van der Waals surface area (Å²) in [5.74, 6) is -0.387. The molecule has 0 aliphatic heterocycles. The van der Waals surface area contributed by atoms with Crippen LogP contribution in [0.4, 0.5) is 0 Å². The number of benzene rings is 2. The minimum atomic E-state index is -0.606. The summed E-state index contributed by atoms with van der Waals surface area (Å²) in [7, 11) is 0. The summed E-state index contributed by atoms with van der Waals surface area (Å²) in [5.41, 5.74) is 3.66. The van der Waals surface area contributed by atoms with Crippen LogP contribution >= 0.6 is 23.2 Å². The first-order valence-electron chi connectivity index (χ1n) is 10.1. The van der Waals surface area contributed by atoms with Gasteiger partial charge in [-0.05, 0) is 43.7 Å². The molecule has 0 atom stereocenters. The molecule has 0 fully saturated rings. The van der Waals surface area contributed by atoms with Crippen LogP contribution in [0.25, 0.3) is 17.0 Å². The van der Waals surface area contributed by atoms with Crippen LogP contribution < -0.4 is 5.56 Å². The average molecular weight is 483 g/mol. The lowest BCUT2D eigenvalue weighted by molar-refractivity contribution is -0.139. The van der Waals surface area contributed by atoms with E-state index in [0.717, 1.165) is 5.56 Å². The second-order valence-corrected chi connectivity index (χ2v) is 8.34. The molecule has 1 N–H and O–H groups in total. The van der Waals surface area contributed by atoms with Crippen molar-refractivity contribution in [2.45, 2.75) is 27.0 Å². The number of nitrogens with zero attached hydrogens (tertiary/aromatic N) is 3. The van der Waals surface area contributed by atoms with Crippen molar-refractivity contribution in [1.82, 2.24) is 19.7 Å². The van der Waals surface area contributed by atoms with Crippen LogP contribution in [0.3, 0.4) is 0 Å². The summed E-state index contributed by atoms with van der Waals surface area (Å²) < 4.78 is 6.90. The van der Waals surface area contributed by atoms with E-state index >= 15 is 0 Å². The molecule has 0 unspecified atom stereocenters. The molecule has 0 saturated heterocycles. The molecule has 0 aliphatic rings. The highest BCUT2D eigenvalue weighted by atomic mass is 35.5. The van der Waals surface area contributed by atoms with Gasteiger partial charge in [0, 0.05) is 16.7 Å². The minimum absolute atomic E-state index is 0.194. The molecule has 9 heteroatoms. The first kappa shape index (κ1) is 22.8. The van der Waals surface area contributed by atoms with Crippen molar-refractivity contribution in [2.24, 2.45) is 0 Å². The maximum atomic E-state index is 12.2. The van der Waals surface area contributed by atoms with E-state index in [2.05, 4.69) is 15.1 Å². The van der Waals surface area contributed by atoms with Crippen molar-refractivity contribution in [2.75, 3.05) is 0 Å². The zero-order valence-corrected chi connectivity index (χ0v) is 19.4. The van der Waals surface area contributed by atoms with Gasteiger partial charge in [-0.2, -0.15) is 5.10 Å². The van der Waals surface area contributed by atoms with E-state index in [1.54, 1.807) is 29.0 Å². The zero-order valence-electron chi connectivity index (χ0n) is 17.9. The number of nitrogens with one attached hydrogen (secondary N) is 1. The molecule has 7 nitrogen and oxygen atoms in total. The van der Waals surface area contributed by atoms with Gasteiger partial charge >= 0.3 is 5.97 Å². The Hall–Kier alpha value is -3.42. The molecular formula is C24H20Cl2N4O3. The molecule has 0 saturated carbocycles. The highest BCUT2D eigenvalue weighted by molar-refractivity contribution is 6.31. The first-order chi connectivity index (χ1) is 15.8. The van der Waals surface area contributed by atoms with Crippen LogP contribution in [0.2, 0.25) is 10.2 Å². The van der Waals surface area contributed by atoms with E-state index in [1.807, 2.05) is 38.1 Å². The largest absolute Gasteiger partial charge is 0.454 e. The number of ether oxygens (including phenoxy) is 1. The molecule has 0 amide bonds. The van der Waals surface area contributed by atoms with Gasteiger partial charge in [0.1, 0.15) is 17.6 Å². The van der Waals surface area contributed by atoms with E-state index in [-0.39, 0.29) is 18.0 Å². The Morgan fingerprint density at radius 2 is 1.91 bits per heavy atom. The molecule has 33 heavy (non-hydrogen) atoms. The van der Waals surface area contributed by atoms with Crippen molar-refractivity contribution < 1.29 is 9.53 Å². The third-order valence-electron chi connectivity index (χ3n) is 5.02. The first-order valence-corrected chi connectivity index (χ1v) is 10.9. The second-order valence-electron chi connectivity index (χ2n) is 7.55. The van der Waals surface area contributed by atoms with Crippen LogP contribution in [-0.2, 0) is 22.7 Å². The number of halogens is 2. The van der Waals surface area contributed by atoms with E-state index in [9.17, 15) is 9.59 Å². The number of carbonyl (C=O) groups is 1. The molecule has 2 aromatic heterocycles. The molecule has 0 radical (unpaired) electrons. The van der Waals surface area contributed by atoms with E-state index < -0.39 is 5.97 Å². The Kier molecular flexibility index (Phi) is 6.62. The summed E-state index contributed by atoms with van der Waals surface area (Å²) in [6, 6.07) is 12.9. The van der Waals surface area contributed by atoms with Crippen molar-refractivity contribution >= 4 is 46.2 Å². The predicted octanol–water partition coefficient (Wildman–Crippen LogP) is 4.85. The summed E-state index contributed by atoms with van der Waals surface area (Å²) in [4.78, 5) is 31.3. The van der Waals surface area contributed by atoms with Crippen LogP contribution in [0, 0.1) is 13.8 Å². The topological polar surface area (TPSA) is 89.9 Å². The van der Waals surface area contributed by atoms with Gasteiger partial charge in [-0.1, -0.05) is 53.0 Å². The van der Waals surface area contributed by atoms with E-state index in [4.69, 9.17) is 27.9 Å². The molecule has 0 bridgehead atoms. The van der Waals surface area contributed by atoms with Crippen molar-refractivity contribution in [3.05, 3.63) is 97.3 Å². The van der Waals surface area contributed by atoms with E-state index in [1.165, 1.54) is 11.6 Å². The number of hydrogen-bond acceptors (Lipinski definition) is 5. The van der Waals surface area contributed by atoms with Crippen molar-refractivity contribution in [1.29, 1.82) is 0 Å². The molecule has 4 rings (SSSR count). The van der Waals surface area contributed by atoms with Crippen LogP contribution in [0.5, 0.6) is 0 Å². The normalized spacial score (nSPS) is 11.4. The number of hydrogen-bond donors (Lipinski definition) is 1. The monoisotopic (exact) mass is 482 g/mol. The van der Waals surface area contributed by atoms with Gasteiger partial charge < -0.3 is 9.72 Å². The van der Waals surface area contributed by atoms with Crippen LogP contribution in [0.15, 0.2) is 53.3 Å². The Morgan fingerprint density at radius 3 is 2.67 bits per heavy atom. The molecule has 4 aromatic rings. The smallest absolute Gasteiger partial charge is 0.331 e. The number of aryl methyl sites for hydroxylation is 2. The number of H-pyrrole nitrogens is 1. The highest BCUT2D eigenvalue weighted by Gasteiger charge is 2.12. The fourth-order valence-corrected chi connectivity index (χ4v) is 3.76. The standard InChI is InChI=1S/C24H20Cl2N4O3/c1-14-3-5-16(6-4-14)12-30-23(26)18(15(2)29-30)9-10-22(31)33-13-21-27-20-11-17(25)7-8-19(20)24(32)28-21/h3-11H,12-13H2,1-2H3,(H,27,28,32)/b10-9+. The summed E-state index contributed by atoms with van der Waals surface area (Å²) >= 11 is 12.5. The number of fused-ring (bicyclic) bond motifs is 1. The molecule has 2 aromatic carbocycles. The summed E-state index contributed by atoms with van der Waals surface area (Å²) in [6.07, 6.45) is 2.83. The molecule has 0 aliphatic carbocycles. The van der Waals surface area contributed by atoms with Gasteiger partial charge in [-0.3, -0.25) is 4.79 Å². The summed E-state index contributed by atoms with van der Waals surface area (Å²) in [5, 5.41) is 5.76. The van der Waals surface area contributed by atoms with Gasteiger partial charge in [0.25, 0.3) is 5.56 Å². The van der Waals surface area contributed by atoms with Crippen LogP contribution in [0.1, 0.15) is 28.2 Å². The average Bonchev–Trinajstić information content (AvgIpc) is 3.04. The highest BCUT2D eigenvalue weighted by Crippen LogP contribution is 2.22. The Bertz CT molecular complexity index is 1420. The molecule has 2 heterocycles. The van der Waals surface area contributed by atoms with E-state index in [0.29, 0.717) is 38.9 Å². The molecule has 168 valence electrons. The summed E-state index contributed by atoms with van der Waals surface area (Å²) in [6.45, 7) is 4.17.